The van der Waals surface area contributed by atoms with Crippen LogP contribution in [0.25, 0.3) is 0 Å². The van der Waals surface area contributed by atoms with E-state index >= 15 is 9.59 Å². The lowest BCUT2D eigenvalue weighted by molar-refractivity contribution is -0.160. The van der Waals surface area contributed by atoms with Crippen molar-refractivity contribution in [1.82, 2.24) is 55.6 Å². The molecule has 3 aliphatic carbocycles. The molecule has 9 atom stereocenters. The Hall–Kier alpha value is -6.53. The van der Waals surface area contributed by atoms with E-state index in [1.54, 1.807) is 27.7 Å². The number of likely N-dealkylation sites (N-methyl/N-ethyl adjacent to an activating group) is 5. The number of nitrogens with one attached hydrogen (secondary N) is 4. The molecule has 512 valence electrons. The Kier molecular flexibility index (Phi) is 24.7. The van der Waals surface area contributed by atoms with Crippen molar-refractivity contribution in [2.45, 2.75) is 236 Å². The van der Waals surface area contributed by atoms with Crippen LogP contribution in [-0.2, 0) is 65.3 Å². The number of amides is 11. The standard InChI is InChI=1S/C66H99ClF3N11O11/c1-38(2)32-51-56(84)73-48(35-44-21-22-44)60(88)76(8)41(6)59(87)81-31-27-50(81)63(91)78(10)52(36-42-18-13-12-14-19-42)62(90)75(7)37-53(82)72-47(26-24-43-23-25-45(46(67)34-43)66(68,69)70)61(89)80-30-17-20-49(80)57(85)74-65(28-15-16-29-65)64(92)79(11)55(39(3)4)58(86)71-40(5)33-54(83)77(51)9/h23,25,34,38-42,44,47-52,55H,12-22,24,26-33,35-37H2,1-11H3,(H,71,86)(H,72,82)(H,73,84)(H,74,85)/t40-,41+,47+,48+,49+,50+,51+,52+,55+/m1/s1. The molecular formula is C66H99ClF3N11O11. The van der Waals surface area contributed by atoms with Crippen molar-refractivity contribution in [2.24, 2.45) is 23.7 Å². The summed E-state index contributed by atoms with van der Waals surface area (Å²) in [6, 6.07) is -6.54. The number of benzene rings is 1. The van der Waals surface area contributed by atoms with Crippen molar-refractivity contribution in [1.29, 1.82) is 0 Å². The van der Waals surface area contributed by atoms with Gasteiger partial charge in [-0.2, -0.15) is 13.2 Å². The maximum atomic E-state index is 15.0. The lowest BCUT2D eigenvalue weighted by Crippen LogP contribution is -2.65. The molecule has 4 N–H and O–H groups in total. The normalized spacial score (nSPS) is 28.6. The highest BCUT2D eigenvalue weighted by Crippen LogP contribution is 2.38. The second kappa shape index (κ2) is 31.1. The van der Waals surface area contributed by atoms with Crippen LogP contribution >= 0.6 is 11.6 Å². The maximum absolute atomic E-state index is 15.0. The summed E-state index contributed by atoms with van der Waals surface area (Å²) in [6.07, 6.45) is 3.97. The number of hydrogen-bond acceptors (Lipinski definition) is 11. The average Bonchev–Trinajstić information content (AvgIpc) is 1.02. The van der Waals surface area contributed by atoms with Gasteiger partial charge in [0, 0.05) is 60.8 Å². The van der Waals surface area contributed by atoms with Crippen LogP contribution in [0.2, 0.25) is 5.02 Å². The second-order valence-electron chi connectivity index (χ2n) is 27.9. The average molecular weight is 1320 g/mol. The Morgan fingerprint density at radius 2 is 1.25 bits per heavy atom. The maximum Gasteiger partial charge on any atom is 0.417 e. The number of rotatable bonds is 10. The van der Waals surface area contributed by atoms with Gasteiger partial charge in [0.15, 0.2) is 0 Å². The summed E-state index contributed by atoms with van der Waals surface area (Å²) in [7, 11) is 7.33. The Labute approximate surface area is 544 Å². The van der Waals surface area contributed by atoms with Crippen molar-refractivity contribution in [3.8, 4) is 0 Å². The molecule has 3 saturated carbocycles. The van der Waals surface area contributed by atoms with E-state index in [0.29, 0.717) is 24.8 Å². The fourth-order valence-corrected chi connectivity index (χ4v) is 14.5. The molecule has 7 rings (SSSR count). The largest absolute Gasteiger partial charge is 0.417 e. The van der Waals surface area contributed by atoms with Gasteiger partial charge < -0.3 is 55.6 Å². The number of nitrogens with zero attached hydrogens (tertiary/aromatic N) is 7. The molecular weight excluding hydrogens is 1220 g/mol. The minimum Gasteiger partial charge on any atom is -0.351 e. The van der Waals surface area contributed by atoms with Crippen LogP contribution in [0.1, 0.15) is 175 Å². The molecule has 6 fully saturated rings. The molecule has 0 unspecified atom stereocenters. The monoisotopic (exact) mass is 1310 g/mol. The minimum absolute atomic E-state index is 0.0430. The Bertz CT molecular complexity index is 2900. The van der Waals surface area contributed by atoms with E-state index in [4.69, 9.17) is 11.6 Å². The zero-order chi connectivity index (χ0) is 67.8. The highest BCUT2D eigenvalue weighted by Gasteiger charge is 2.50. The van der Waals surface area contributed by atoms with Crippen LogP contribution in [-0.4, -0.2) is 214 Å². The van der Waals surface area contributed by atoms with Gasteiger partial charge in [-0.3, -0.25) is 52.7 Å². The summed E-state index contributed by atoms with van der Waals surface area (Å²) in [5, 5.41) is 11.1. The van der Waals surface area contributed by atoms with Crippen LogP contribution < -0.4 is 21.3 Å². The van der Waals surface area contributed by atoms with Gasteiger partial charge in [0.25, 0.3) is 0 Å². The van der Waals surface area contributed by atoms with Gasteiger partial charge in [-0.25, -0.2) is 0 Å². The molecule has 3 aliphatic heterocycles. The fraction of sp³-hybridized carbons (Fsp3) is 0.742. The number of carbonyl (C=O) groups excluding carboxylic acids is 11. The van der Waals surface area contributed by atoms with Crippen molar-refractivity contribution in [2.75, 3.05) is 54.9 Å². The molecule has 0 bridgehead atoms. The number of hydrogen-bond donors (Lipinski definition) is 4. The van der Waals surface area contributed by atoms with E-state index in [0.717, 1.165) is 62.0 Å². The molecule has 92 heavy (non-hydrogen) atoms. The minimum atomic E-state index is -4.74. The summed E-state index contributed by atoms with van der Waals surface area (Å²) >= 11 is 6.13. The predicted molar refractivity (Wildman–Crippen MR) is 337 cm³/mol. The van der Waals surface area contributed by atoms with E-state index in [1.807, 2.05) is 13.8 Å². The molecule has 1 aromatic carbocycles. The lowest BCUT2D eigenvalue weighted by Gasteiger charge is -2.45. The van der Waals surface area contributed by atoms with Crippen molar-refractivity contribution in [3.05, 3.63) is 34.3 Å². The summed E-state index contributed by atoms with van der Waals surface area (Å²) in [5.41, 5.74) is -2.24. The Morgan fingerprint density at radius 3 is 1.84 bits per heavy atom. The van der Waals surface area contributed by atoms with Crippen LogP contribution in [0.15, 0.2) is 18.2 Å². The van der Waals surface area contributed by atoms with Crippen molar-refractivity contribution >= 4 is 76.6 Å². The van der Waals surface area contributed by atoms with E-state index in [1.165, 1.54) is 70.7 Å². The Balaban J connectivity index is 1.22. The molecule has 0 aromatic heterocycles. The highest BCUT2D eigenvalue weighted by atomic mass is 35.5. The third kappa shape index (κ3) is 17.6. The van der Waals surface area contributed by atoms with Gasteiger partial charge >= 0.3 is 6.18 Å². The molecule has 0 radical (unpaired) electrons. The summed E-state index contributed by atoms with van der Waals surface area (Å²) in [5.74, 6) is -6.83. The first kappa shape index (κ1) is 72.9. The van der Waals surface area contributed by atoms with E-state index in [-0.39, 0.29) is 95.1 Å². The fourth-order valence-electron chi connectivity index (χ4n) is 14.2. The van der Waals surface area contributed by atoms with Crippen LogP contribution in [0.4, 0.5) is 13.2 Å². The van der Waals surface area contributed by atoms with Crippen molar-refractivity contribution in [3.63, 3.8) is 0 Å². The Morgan fingerprint density at radius 1 is 0.609 bits per heavy atom. The molecule has 26 heteroatoms. The van der Waals surface area contributed by atoms with Gasteiger partial charge in [-0.05, 0) is 119 Å². The highest BCUT2D eigenvalue weighted by molar-refractivity contribution is 6.31. The quantitative estimate of drug-likeness (QED) is 0.229. The van der Waals surface area contributed by atoms with E-state index < -0.39 is 154 Å². The third-order valence-electron chi connectivity index (χ3n) is 20.0. The first-order chi connectivity index (χ1) is 43.2. The van der Waals surface area contributed by atoms with Gasteiger partial charge in [-0.1, -0.05) is 103 Å². The third-order valence-corrected chi connectivity index (χ3v) is 20.3. The summed E-state index contributed by atoms with van der Waals surface area (Å²) < 4.78 is 41.4. The van der Waals surface area contributed by atoms with E-state index in [2.05, 4.69) is 21.3 Å². The SMILES string of the molecule is CC(C)C[C@H]1C(=O)N[C@@H](CC2CC2)C(=O)N(C)[C@@H](C)C(=O)N2CC[C@H]2C(=O)N(C)[C@@H](CC2CCCCC2)C(=O)N(C)CC(=O)N[C@@H](CCc2ccc(C(F)(F)F)c(Cl)c2)C(=O)N2CCC[C@H]2C(=O)NC2(CCCC2)C(=O)N(C)[C@@H](C(C)C)C(=O)N[C@H](C)CC(=O)N1C. The van der Waals surface area contributed by atoms with Crippen LogP contribution in [0, 0.1) is 23.7 Å². The molecule has 3 saturated heterocycles. The smallest absolute Gasteiger partial charge is 0.351 e. The van der Waals surface area contributed by atoms with Crippen molar-refractivity contribution < 1.29 is 65.9 Å². The molecule has 1 aromatic rings. The van der Waals surface area contributed by atoms with Crippen LogP contribution in [0.5, 0.6) is 0 Å². The zero-order valence-corrected chi connectivity index (χ0v) is 56.4. The zero-order valence-electron chi connectivity index (χ0n) is 55.6. The summed E-state index contributed by atoms with van der Waals surface area (Å²) in [6.45, 7) is 10.2. The van der Waals surface area contributed by atoms with Gasteiger partial charge in [0.05, 0.1) is 17.1 Å². The molecule has 3 heterocycles. The van der Waals surface area contributed by atoms with Crippen LogP contribution in [0.3, 0.4) is 0 Å². The van der Waals surface area contributed by atoms with Gasteiger partial charge in [0.2, 0.25) is 65.0 Å². The predicted octanol–water partition coefficient (Wildman–Crippen LogP) is 5.45. The lowest BCUT2D eigenvalue weighted by atomic mass is 9.84. The first-order valence-corrected chi connectivity index (χ1v) is 33.6. The number of alkyl halides is 3. The van der Waals surface area contributed by atoms with Gasteiger partial charge in [0.1, 0.15) is 53.9 Å². The van der Waals surface area contributed by atoms with E-state index in [9.17, 15) is 56.3 Å². The molecule has 22 nitrogen and oxygen atoms in total. The van der Waals surface area contributed by atoms with Gasteiger partial charge in [-0.15, -0.1) is 0 Å². The number of halogens is 4. The number of aryl methyl sites for hydroxylation is 1. The summed E-state index contributed by atoms with van der Waals surface area (Å²) in [4.78, 5) is 170. The number of carbonyl (C=O) groups is 11. The molecule has 11 amide bonds. The number of fused-ring (bicyclic) bond motifs is 2. The molecule has 1 spiro atoms. The first-order valence-electron chi connectivity index (χ1n) is 33.2. The molecule has 6 aliphatic rings. The second-order valence-corrected chi connectivity index (χ2v) is 28.3. The topological polar surface area (TPSA) is 259 Å².